The minimum atomic E-state index is 0.0791. The summed E-state index contributed by atoms with van der Waals surface area (Å²) in [4.78, 5) is 0. The van der Waals surface area contributed by atoms with Gasteiger partial charge in [-0.2, -0.15) is 0 Å². The van der Waals surface area contributed by atoms with Gasteiger partial charge in [-0.3, -0.25) is 0 Å². The van der Waals surface area contributed by atoms with E-state index in [2.05, 4.69) is 62.4 Å². The molecule has 0 N–H and O–H groups in total. The second-order valence-electron chi connectivity index (χ2n) is 5.57. The third-order valence-corrected chi connectivity index (χ3v) is 3.69. The lowest BCUT2D eigenvalue weighted by Gasteiger charge is -2.37. The molecule has 0 amide bonds. The summed E-state index contributed by atoms with van der Waals surface area (Å²) in [5.41, 5.74) is 4.05. The predicted octanol–water partition coefficient (Wildman–Crippen LogP) is 4.08. The SMILES string of the molecule is CC1(C)CO[C@@H](c2ccccc2)c2ccccc21. The lowest BCUT2D eigenvalue weighted by atomic mass is 9.78. The molecule has 1 aliphatic rings. The molecular weight excluding hydrogens is 220 g/mol. The van der Waals surface area contributed by atoms with Gasteiger partial charge in [-0.1, -0.05) is 68.4 Å². The molecule has 1 heterocycles. The highest BCUT2D eigenvalue weighted by molar-refractivity contribution is 5.41. The molecule has 2 aromatic rings. The van der Waals surface area contributed by atoms with Crippen molar-refractivity contribution in [3.63, 3.8) is 0 Å². The Labute approximate surface area is 108 Å². The molecule has 0 fully saturated rings. The second-order valence-corrected chi connectivity index (χ2v) is 5.57. The average Bonchev–Trinajstić information content (AvgIpc) is 2.40. The normalized spacial score (nSPS) is 21.3. The first-order valence-corrected chi connectivity index (χ1v) is 6.44. The monoisotopic (exact) mass is 238 g/mol. The summed E-state index contributed by atoms with van der Waals surface area (Å²) in [7, 11) is 0. The fraction of sp³-hybridized carbons (Fsp3) is 0.294. The largest absolute Gasteiger partial charge is 0.368 e. The molecule has 1 nitrogen and oxygen atoms in total. The summed E-state index contributed by atoms with van der Waals surface area (Å²) < 4.78 is 6.11. The van der Waals surface area contributed by atoms with Crippen molar-refractivity contribution in [2.45, 2.75) is 25.4 Å². The molecule has 3 rings (SSSR count). The molecule has 0 spiro atoms. The number of hydrogen-bond donors (Lipinski definition) is 0. The van der Waals surface area contributed by atoms with Crippen molar-refractivity contribution in [1.82, 2.24) is 0 Å². The van der Waals surface area contributed by atoms with Crippen LogP contribution in [0.5, 0.6) is 0 Å². The maximum absolute atomic E-state index is 6.11. The summed E-state index contributed by atoms with van der Waals surface area (Å²) in [5, 5.41) is 0. The highest BCUT2D eigenvalue weighted by Gasteiger charge is 2.33. The van der Waals surface area contributed by atoms with Crippen LogP contribution >= 0.6 is 0 Å². The average molecular weight is 238 g/mol. The molecule has 2 aromatic carbocycles. The molecule has 0 unspecified atom stereocenters. The van der Waals surface area contributed by atoms with E-state index >= 15 is 0 Å². The molecule has 1 aliphatic heterocycles. The van der Waals surface area contributed by atoms with Crippen LogP contribution in [-0.4, -0.2) is 6.61 Å². The zero-order chi connectivity index (χ0) is 12.6. The Bertz CT molecular complexity index is 543. The Balaban J connectivity index is 2.11. The van der Waals surface area contributed by atoms with Gasteiger partial charge < -0.3 is 4.74 Å². The number of hydrogen-bond acceptors (Lipinski definition) is 1. The molecule has 0 bridgehead atoms. The first-order valence-electron chi connectivity index (χ1n) is 6.44. The van der Waals surface area contributed by atoms with Gasteiger partial charge >= 0.3 is 0 Å². The minimum Gasteiger partial charge on any atom is -0.368 e. The summed E-state index contributed by atoms with van der Waals surface area (Å²) in [6, 6.07) is 19.1. The Morgan fingerprint density at radius 1 is 0.944 bits per heavy atom. The van der Waals surface area contributed by atoms with Gasteiger partial charge in [-0.25, -0.2) is 0 Å². The van der Waals surface area contributed by atoms with Gasteiger partial charge in [-0.05, 0) is 16.7 Å². The van der Waals surface area contributed by atoms with E-state index in [0.29, 0.717) is 0 Å². The van der Waals surface area contributed by atoms with Crippen molar-refractivity contribution < 1.29 is 4.74 Å². The molecule has 0 aliphatic carbocycles. The van der Waals surface area contributed by atoms with Crippen LogP contribution in [0.1, 0.15) is 36.6 Å². The second kappa shape index (κ2) is 4.25. The fourth-order valence-electron chi connectivity index (χ4n) is 2.70. The van der Waals surface area contributed by atoms with Gasteiger partial charge in [0.15, 0.2) is 0 Å². The lowest BCUT2D eigenvalue weighted by Crippen LogP contribution is -2.32. The Morgan fingerprint density at radius 2 is 1.61 bits per heavy atom. The highest BCUT2D eigenvalue weighted by Crippen LogP contribution is 2.40. The number of rotatable bonds is 1. The van der Waals surface area contributed by atoms with Crippen LogP contribution in [0.4, 0.5) is 0 Å². The van der Waals surface area contributed by atoms with Crippen LogP contribution < -0.4 is 0 Å². The van der Waals surface area contributed by atoms with E-state index in [1.54, 1.807) is 0 Å². The molecule has 18 heavy (non-hydrogen) atoms. The number of ether oxygens (including phenoxy) is 1. The van der Waals surface area contributed by atoms with Crippen LogP contribution in [0.15, 0.2) is 54.6 Å². The van der Waals surface area contributed by atoms with Gasteiger partial charge in [0, 0.05) is 5.41 Å². The maximum Gasteiger partial charge on any atom is 0.108 e. The minimum absolute atomic E-state index is 0.0791. The van der Waals surface area contributed by atoms with Crippen molar-refractivity contribution in [3.8, 4) is 0 Å². The Morgan fingerprint density at radius 3 is 2.39 bits per heavy atom. The molecule has 92 valence electrons. The van der Waals surface area contributed by atoms with Crippen LogP contribution in [0.3, 0.4) is 0 Å². The summed E-state index contributed by atoms with van der Waals surface area (Å²) in [6.45, 7) is 5.25. The molecule has 0 saturated heterocycles. The van der Waals surface area contributed by atoms with E-state index in [1.807, 2.05) is 6.07 Å². The van der Waals surface area contributed by atoms with Crippen LogP contribution in [0.2, 0.25) is 0 Å². The van der Waals surface area contributed by atoms with Crippen LogP contribution in [0, 0.1) is 0 Å². The van der Waals surface area contributed by atoms with E-state index in [-0.39, 0.29) is 11.5 Å². The van der Waals surface area contributed by atoms with Crippen LogP contribution in [0.25, 0.3) is 0 Å². The molecular formula is C17H18O. The van der Waals surface area contributed by atoms with Crippen molar-refractivity contribution in [2.24, 2.45) is 0 Å². The first kappa shape index (κ1) is 11.5. The predicted molar refractivity (Wildman–Crippen MR) is 73.7 cm³/mol. The topological polar surface area (TPSA) is 9.23 Å². The molecule has 1 heteroatoms. The van der Waals surface area contributed by atoms with Gasteiger partial charge in [0.25, 0.3) is 0 Å². The van der Waals surface area contributed by atoms with Crippen molar-refractivity contribution >= 4 is 0 Å². The zero-order valence-corrected chi connectivity index (χ0v) is 10.9. The van der Waals surface area contributed by atoms with Crippen molar-refractivity contribution in [3.05, 3.63) is 71.3 Å². The van der Waals surface area contributed by atoms with Gasteiger partial charge in [-0.15, -0.1) is 0 Å². The molecule has 0 radical (unpaired) electrons. The first-order chi connectivity index (χ1) is 8.68. The van der Waals surface area contributed by atoms with Gasteiger partial charge in [0.1, 0.15) is 6.10 Å². The van der Waals surface area contributed by atoms with Gasteiger partial charge in [0.2, 0.25) is 0 Å². The summed E-state index contributed by atoms with van der Waals surface area (Å²) in [5.74, 6) is 0. The zero-order valence-electron chi connectivity index (χ0n) is 10.9. The maximum atomic E-state index is 6.11. The van der Waals surface area contributed by atoms with E-state index < -0.39 is 0 Å². The molecule has 0 aromatic heterocycles. The van der Waals surface area contributed by atoms with E-state index in [9.17, 15) is 0 Å². The van der Waals surface area contributed by atoms with E-state index in [4.69, 9.17) is 4.74 Å². The van der Waals surface area contributed by atoms with Crippen molar-refractivity contribution in [2.75, 3.05) is 6.61 Å². The summed E-state index contributed by atoms with van der Waals surface area (Å²) >= 11 is 0. The van der Waals surface area contributed by atoms with Crippen LogP contribution in [-0.2, 0) is 10.2 Å². The fourth-order valence-corrected chi connectivity index (χ4v) is 2.70. The van der Waals surface area contributed by atoms with E-state index in [0.717, 1.165) is 6.61 Å². The van der Waals surface area contributed by atoms with Crippen molar-refractivity contribution in [1.29, 1.82) is 0 Å². The number of fused-ring (bicyclic) bond motifs is 1. The Kier molecular flexibility index (Phi) is 2.71. The lowest BCUT2D eigenvalue weighted by molar-refractivity contribution is 0.0300. The van der Waals surface area contributed by atoms with Gasteiger partial charge in [0.05, 0.1) is 6.61 Å². The number of benzene rings is 2. The standard InChI is InChI=1S/C17H18O/c1-17(2)12-18-16(13-8-4-3-5-9-13)14-10-6-7-11-15(14)17/h3-11,16H,12H2,1-2H3/t16-/m0/s1. The molecule has 0 saturated carbocycles. The smallest absolute Gasteiger partial charge is 0.108 e. The quantitative estimate of drug-likeness (QED) is 0.727. The van der Waals surface area contributed by atoms with E-state index in [1.165, 1.54) is 16.7 Å². The third-order valence-electron chi connectivity index (χ3n) is 3.69. The summed E-state index contributed by atoms with van der Waals surface area (Å²) in [6.07, 6.45) is 0.0791. The third kappa shape index (κ3) is 1.85. The Hall–Kier alpha value is -1.60. The molecule has 1 atom stereocenters. The highest BCUT2D eigenvalue weighted by atomic mass is 16.5.